The second-order valence-corrected chi connectivity index (χ2v) is 11.8. The third-order valence-electron chi connectivity index (χ3n) is 8.34. The number of para-hydroxylation sites is 2. The van der Waals surface area contributed by atoms with E-state index in [0.29, 0.717) is 35.8 Å². The molecule has 0 aromatic heterocycles. The molecular weight excluding hydrogens is 620 g/mol. The van der Waals surface area contributed by atoms with Gasteiger partial charge in [-0.3, -0.25) is 9.59 Å². The Labute approximate surface area is 294 Å². The Hall–Kier alpha value is -6.14. The van der Waals surface area contributed by atoms with Crippen molar-refractivity contribution in [3.05, 3.63) is 192 Å². The number of amides is 2. The molecule has 250 valence electrons. The van der Waals surface area contributed by atoms with Gasteiger partial charge in [-0.2, -0.15) is 0 Å². The summed E-state index contributed by atoms with van der Waals surface area (Å²) in [5, 5.41) is 0. The Morgan fingerprint density at radius 1 is 0.420 bits per heavy atom. The molecule has 0 fully saturated rings. The van der Waals surface area contributed by atoms with E-state index in [0.717, 1.165) is 24.2 Å². The molecule has 2 amide bonds. The molecule has 0 saturated heterocycles. The van der Waals surface area contributed by atoms with Gasteiger partial charge in [-0.05, 0) is 71.8 Å². The molecule has 0 bridgehead atoms. The van der Waals surface area contributed by atoms with Crippen molar-refractivity contribution in [2.75, 3.05) is 36.1 Å². The molecule has 6 heteroatoms. The molecule has 6 aromatic rings. The Morgan fingerprint density at radius 3 is 1.16 bits per heavy atom. The average Bonchev–Trinajstić information content (AvgIpc) is 3.18. The van der Waals surface area contributed by atoms with Gasteiger partial charge in [0.25, 0.3) is 11.8 Å². The van der Waals surface area contributed by atoms with Gasteiger partial charge in [0, 0.05) is 48.4 Å². The van der Waals surface area contributed by atoms with Crippen LogP contribution in [0.15, 0.2) is 170 Å². The predicted molar refractivity (Wildman–Crippen MR) is 200 cm³/mol. The zero-order valence-corrected chi connectivity index (χ0v) is 27.9. The zero-order valence-electron chi connectivity index (χ0n) is 27.9. The monoisotopic (exact) mass is 660 g/mol. The summed E-state index contributed by atoms with van der Waals surface area (Å²) in [6, 6.07) is 54.0. The first kappa shape index (κ1) is 33.7. The lowest BCUT2D eigenvalue weighted by atomic mass is 10.1. The second-order valence-electron chi connectivity index (χ2n) is 11.8. The smallest absolute Gasteiger partial charge is 0.258 e. The quantitative estimate of drug-likeness (QED) is 0.110. The van der Waals surface area contributed by atoms with E-state index in [-0.39, 0.29) is 24.9 Å². The van der Waals surface area contributed by atoms with Crippen molar-refractivity contribution in [1.29, 1.82) is 0 Å². The summed E-state index contributed by atoms with van der Waals surface area (Å²) in [5.74, 6) is 0.900. The van der Waals surface area contributed by atoms with Gasteiger partial charge < -0.3 is 19.3 Å². The normalized spacial score (nSPS) is 10.6. The highest BCUT2D eigenvalue weighted by atomic mass is 16.5. The Morgan fingerprint density at radius 2 is 0.780 bits per heavy atom. The van der Waals surface area contributed by atoms with E-state index in [1.807, 2.05) is 121 Å². The Bertz CT molecular complexity index is 1810. The summed E-state index contributed by atoms with van der Waals surface area (Å²) in [6.07, 6.45) is 1.53. The van der Waals surface area contributed by atoms with Crippen LogP contribution in [0.3, 0.4) is 0 Å². The van der Waals surface area contributed by atoms with Crippen molar-refractivity contribution in [3.8, 4) is 11.5 Å². The summed E-state index contributed by atoms with van der Waals surface area (Å²) < 4.78 is 12.1. The lowest BCUT2D eigenvalue weighted by Crippen LogP contribution is -2.41. The number of hydrogen-bond acceptors (Lipinski definition) is 4. The van der Waals surface area contributed by atoms with Gasteiger partial charge in [0.15, 0.2) is 0 Å². The minimum Gasteiger partial charge on any atom is -0.493 e. The van der Waals surface area contributed by atoms with E-state index < -0.39 is 0 Å². The summed E-state index contributed by atoms with van der Waals surface area (Å²) >= 11 is 0. The van der Waals surface area contributed by atoms with Crippen molar-refractivity contribution < 1.29 is 19.1 Å². The number of rotatable bonds is 15. The molecule has 0 saturated carbocycles. The van der Waals surface area contributed by atoms with Crippen molar-refractivity contribution in [3.63, 3.8) is 0 Å². The number of benzene rings is 6. The maximum Gasteiger partial charge on any atom is 0.258 e. The molecule has 0 N–H and O–H groups in total. The van der Waals surface area contributed by atoms with Crippen molar-refractivity contribution in [2.24, 2.45) is 0 Å². The fraction of sp³-hybridized carbons (Fsp3) is 0.136. The number of nitrogens with zero attached hydrogens (tertiary/aromatic N) is 2. The summed E-state index contributed by atoms with van der Waals surface area (Å²) in [7, 11) is 0. The molecular formula is C44H40N2O4. The van der Waals surface area contributed by atoms with Gasteiger partial charge in [0.1, 0.15) is 11.5 Å². The maximum absolute atomic E-state index is 14.2. The third kappa shape index (κ3) is 9.26. The van der Waals surface area contributed by atoms with E-state index in [1.54, 1.807) is 34.1 Å². The number of ether oxygens (including phenoxy) is 2. The van der Waals surface area contributed by atoms with Crippen LogP contribution in [-0.2, 0) is 12.8 Å². The van der Waals surface area contributed by atoms with Gasteiger partial charge in [0.05, 0.1) is 13.2 Å². The minimum absolute atomic E-state index is 0.181. The molecule has 0 aliphatic carbocycles. The Kier molecular flexibility index (Phi) is 11.7. The standard InChI is InChI=1S/C44H40N2O4/c47-43(37-19-13-25-41(33-37)49-31-27-35-15-5-1-6-16-35)45(39-21-9-3-10-22-39)29-30-46(40-23-11-4-12-24-40)44(48)38-20-14-26-42(34-38)50-32-28-36-17-7-2-8-18-36/h1-26,33-34H,27-32H2. The van der Waals surface area contributed by atoms with Gasteiger partial charge in [-0.25, -0.2) is 0 Å². The second kappa shape index (κ2) is 17.3. The third-order valence-corrected chi connectivity index (χ3v) is 8.34. The topological polar surface area (TPSA) is 59.1 Å². The van der Waals surface area contributed by atoms with E-state index in [4.69, 9.17) is 9.47 Å². The van der Waals surface area contributed by atoms with E-state index >= 15 is 0 Å². The number of carbonyl (C=O) groups excluding carboxylic acids is 2. The van der Waals surface area contributed by atoms with Gasteiger partial charge >= 0.3 is 0 Å². The summed E-state index contributed by atoms with van der Waals surface area (Å²) in [6.45, 7) is 1.51. The van der Waals surface area contributed by atoms with E-state index in [1.165, 1.54) is 11.1 Å². The number of anilines is 2. The molecule has 0 aliphatic heterocycles. The van der Waals surface area contributed by atoms with Gasteiger partial charge in [-0.1, -0.05) is 109 Å². The van der Waals surface area contributed by atoms with Crippen LogP contribution in [0.25, 0.3) is 0 Å². The molecule has 0 heterocycles. The van der Waals surface area contributed by atoms with Crippen LogP contribution < -0.4 is 19.3 Å². The van der Waals surface area contributed by atoms with E-state index in [9.17, 15) is 9.59 Å². The molecule has 0 unspecified atom stereocenters. The van der Waals surface area contributed by atoms with Crippen LogP contribution in [0.1, 0.15) is 31.8 Å². The molecule has 6 aromatic carbocycles. The van der Waals surface area contributed by atoms with Crippen LogP contribution >= 0.6 is 0 Å². The highest BCUT2D eigenvalue weighted by Gasteiger charge is 2.23. The van der Waals surface area contributed by atoms with Crippen molar-refractivity contribution in [2.45, 2.75) is 12.8 Å². The van der Waals surface area contributed by atoms with Crippen LogP contribution in [0, 0.1) is 0 Å². The molecule has 50 heavy (non-hydrogen) atoms. The number of hydrogen-bond donors (Lipinski definition) is 0. The summed E-state index contributed by atoms with van der Waals surface area (Å²) in [4.78, 5) is 31.8. The average molecular weight is 661 g/mol. The van der Waals surface area contributed by atoms with Crippen LogP contribution in [0.5, 0.6) is 11.5 Å². The van der Waals surface area contributed by atoms with Crippen molar-refractivity contribution in [1.82, 2.24) is 0 Å². The largest absolute Gasteiger partial charge is 0.493 e. The lowest BCUT2D eigenvalue weighted by molar-refractivity contribution is 0.0967. The maximum atomic E-state index is 14.2. The Balaban J connectivity index is 1.18. The van der Waals surface area contributed by atoms with Gasteiger partial charge in [0.2, 0.25) is 0 Å². The van der Waals surface area contributed by atoms with Crippen LogP contribution in [0.2, 0.25) is 0 Å². The highest BCUT2D eigenvalue weighted by Crippen LogP contribution is 2.24. The van der Waals surface area contributed by atoms with Crippen LogP contribution in [0.4, 0.5) is 11.4 Å². The number of carbonyl (C=O) groups is 2. The SMILES string of the molecule is O=C(c1cccc(OCCc2ccccc2)c1)N(CCN(C(=O)c1cccc(OCCc2ccccc2)c1)c1ccccc1)c1ccccc1. The molecule has 0 radical (unpaired) electrons. The first-order valence-electron chi connectivity index (χ1n) is 16.9. The highest BCUT2D eigenvalue weighted by molar-refractivity contribution is 6.08. The summed E-state index contributed by atoms with van der Waals surface area (Å²) in [5.41, 5.74) is 4.86. The first-order chi connectivity index (χ1) is 24.6. The minimum atomic E-state index is -0.181. The van der Waals surface area contributed by atoms with Crippen molar-refractivity contribution >= 4 is 23.2 Å². The molecule has 6 rings (SSSR count). The first-order valence-corrected chi connectivity index (χ1v) is 16.9. The van der Waals surface area contributed by atoms with Crippen LogP contribution in [-0.4, -0.2) is 38.1 Å². The molecule has 0 aliphatic rings. The molecule has 6 nitrogen and oxygen atoms in total. The molecule has 0 atom stereocenters. The fourth-order valence-electron chi connectivity index (χ4n) is 5.72. The molecule has 0 spiro atoms. The zero-order chi connectivity index (χ0) is 34.4. The van der Waals surface area contributed by atoms with E-state index in [2.05, 4.69) is 24.3 Å². The predicted octanol–water partition coefficient (Wildman–Crippen LogP) is 8.92. The fourth-order valence-corrected chi connectivity index (χ4v) is 5.72. The van der Waals surface area contributed by atoms with Gasteiger partial charge in [-0.15, -0.1) is 0 Å². The lowest BCUT2D eigenvalue weighted by Gasteiger charge is -2.28.